The van der Waals surface area contributed by atoms with Crippen molar-refractivity contribution in [2.75, 3.05) is 0 Å². The molecule has 1 fully saturated rings. The molecule has 0 spiro atoms. The molecule has 1 aliphatic rings. The molecular formula is C13H18ClNO2. The first-order valence-electron chi connectivity index (χ1n) is 5.77. The Morgan fingerprint density at radius 1 is 1.41 bits per heavy atom. The lowest BCUT2D eigenvalue weighted by atomic mass is 9.97. The fraction of sp³-hybridized carbons (Fsp3) is 0.615. The minimum Gasteiger partial charge on any atom is -0.484 e. The standard InChI is InChI=1S/C13H18ClNO2/c1-12(2)8-10(13(3,4)17-12)16-9-6-5-7-15-11(9)14/h5-7,10H,8H2,1-4H3. The third-order valence-electron chi connectivity index (χ3n) is 2.99. The van der Waals surface area contributed by atoms with Crippen LogP contribution in [0, 0.1) is 0 Å². The van der Waals surface area contributed by atoms with Crippen LogP contribution in [0.5, 0.6) is 5.75 Å². The number of pyridine rings is 1. The molecule has 1 aliphatic heterocycles. The summed E-state index contributed by atoms with van der Waals surface area (Å²) in [6.07, 6.45) is 2.47. The monoisotopic (exact) mass is 255 g/mol. The average Bonchev–Trinajstić information content (AvgIpc) is 2.38. The predicted molar refractivity (Wildman–Crippen MR) is 67.5 cm³/mol. The first kappa shape index (κ1) is 12.7. The van der Waals surface area contributed by atoms with Gasteiger partial charge in [0.25, 0.3) is 0 Å². The summed E-state index contributed by atoms with van der Waals surface area (Å²) in [7, 11) is 0. The van der Waals surface area contributed by atoms with Gasteiger partial charge in [-0.3, -0.25) is 0 Å². The van der Waals surface area contributed by atoms with E-state index >= 15 is 0 Å². The Bertz CT molecular complexity index is 418. The van der Waals surface area contributed by atoms with Crippen molar-refractivity contribution >= 4 is 11.6 Å². The van der Waals surface area contributed by atoms with Gasteiger partial charge in [-0.15, -0.1) is 0 Å². The van der Waals surface area contributed by atoms with Gasteiger partial charge >= 0.3 is 0 Å². The Morgan fingerprint density at radius 3 is 2.65 bits per heavy atom. The van der Waals surface area contributed by atoms with Gasteiger partial charge in [0.1, 0.15) is 11.7 Å². The van der Waals surface area contributed by atoms with Crippen LogP contribution in [0.25, 0.3) is 0 Å². The van der Waals surface area contributed by atoms with Gasteiger partial charge in [-0.2, -0.15) is 0 Å². The van der Waals surface area contributed by atoms with E-state index in [9.17, 15) is 0 Å². The summed E-state index contributed by atoms with van der Waals surface area (Å²) in [6.45, 7) is 8.22. The van der Waals surface area contributed by atoms with Crippen LogP contribution in [0.2, 0.25) is 5.15 Å². The van der Waals surface area contributed by atoms with E-state index in [0.717, 1.165) is 6.42 Å². The van der Waals surface area contributed by atoms with E-state index in [0.29, 0.717) is 10.9 Å². The molecule has 1 unspecified atom stereocenters. The van der Waals surface area contributed by atoms with Gasteiger partial charge in [0.05, 0.1) is 5.60 Å². The number of hydrogen-bond donors (Lipinski definition) is 0. The molecule has 1 aromatic rings. The normalized spacial score (nSPS) is 25.8. The lowest BCUT2D eigenvalue weighted by Crippen LogP contribution is -2.36. The lowest BCUT2D eigenvalue weighted by molar-refractivity contribution is -0.0846. The zero-order valence-corrected chi connectivity index (χ0v) is 11.4. The Kier molecular flexibility index (Phi) is 3.08. The number of aromatic nitrogens is 1. The average molecular weight is 256 g/mol. The van der Waals surface area contributed by atoms with Crippen LogP contribution in [0.1, 0.15) is 34.1 Å². The highest BCUT2D eigenvalue weighted by atomic mass is 35.5. The number of halogens is 1. The van der Waals surface area contributed by atoms with Gasteiger partial charge in [-0.05, 0) is 39.8 Å². The second-order valence-electron chi connectivity index (χ2n) is 5.57. The largest absolute Gasteiger partial charge is 0.484 e. The maximum absolute atomic E-state index is 5.99. The van der Waals surface area contributed by atoms with Crippen LogP contribution in [0.4, 0.5) is 0 Å². The summed E-state index contributed by atoms with van der Waals surface area (Å²) in [4.78, 5) is 4.00. The molecule has 1 aromatic heterocycles. The molecule has 0 N–H and O–H groups in total. The molecule has 0 aliphatic carbocycles. The molecule has 2 heterocycles. The van der Waals surface area contributed by atoms with Gasteiger partial charge in [0.2, 0.25) is 0 Å². The number of nitrogens with zero attached hydrogens (tertiary/aromatic N) is 1. The van der Waals surface area contributed by atoms with E-state index in [-0.39, 0.29) is 17.3 Å². The minimum atomic E-state index is -0.317. The van der Waals surface area contributed by atoms with Crippen molar-refractivity contribution in [2.24, 2.45) is 0 Å². The van der Waals surface area contributed by atoms with E-state index in [4.69, 9.17) is 21.1 Å². The van der Waals surface area contributed by atoms with Crippen LogP contribution in [-0.2, 0) is 4.74 Å². The molecule has 0 saturated carbocycles. The Balaban J connectivity index is 2.17. The van der Waals surface area contributed by atoms with Crippen molar-refractivity contribution < 1.29 is 9.47 Å². The summed E-state index contributed by atoms with van der Waals surface area (Å²) >= 11 is 5.99. The van der Waals surface area contributed by atoms with Crippen LogP contribution in [-0.4, -0.2) is 22.3 Å². The first-order chi connectivity index (χ1) is 7.80. The van der Waals surface area contributed by atoms with Gasteiger partial charge in [0.15, 0.2) is 10.9 Å². The Hall–Kier alpha value is -0.800. The molecule has 1 saturated heterocycles. The van der Waals surface area contributed by atoms with E-state index in [1.165, 1.54) is 0 Å². The smallest absolute Gasteiger partial charge is 0.171 e. The molecule has 0 radical (unpaired) electrons. The second-order valence-corrected chi connectivity index (χ2v) is 5.93. The molecule has 94 valence electrons. The van der Waals surface area contributed by atoms with E-state index in [1.54, 1.807) is 6.20 Å². The molecule has 0 amide bonds. The highest BCUT2D eigenvalue weighted by Crippen LogP contribution is 2.40. The predicted octanol–water partition coefficient (Wildman–Crippen LogP) is 3.46. The van der Waals surface area contributed by atoms with Gasteiger partial charge < -0.3 is 9.47 Å². The zero-order chi connectivity index (χ0) is 12.7. The first-order valence-corrected chi connectivity index (χ1v) is 6.15. The maximum Gasteiger partial charge on any atom is 0.171 e. The SMILES string of the molecule is CC1(C)CC(Oc2cccnc2Cl)C(C)(C)O1. The molecule has 17 heavy (non-hydrogen) atoms. The quantitative estimate of drug-likeness (QED) is 0.759. The minimum absolute atomic E-state index is 0.0146. The van der Waals surface area contributed by atoms with Gasteiger partial charge in [0, 0.05) is 12.6 Å². The Labute approximate surface area is 107 Å². The van der Waals surface area contributed by atoms with Gasteiger partial charge in [-0.25, -0.2) is 4.98 Å². The third-order valence-corrected chi connectivity index (χ3v) is 3.27. The van der Waals surface area contributed by atoms with Crippen LogP contribution in [0.15, 0.2) is 18.3 Å². The molecule has 3 nitrogen and oxygen atoms in total. The summed E-state index contributed by atoms with van der Waals surface area (Å²) in [5, 5.41) is 0.396. The zero-order valence-electron chi connectivity index (χ0n) is 10.7. The fourth-order valence-electron chi connectivity index (χ4n) is 2.31. The van der Waals surface area contributed by atoms with Crippen molar-refractivity contribution in [3.63, 3.8) is 0 Å². The highest BCUT2D eigenvalue weighted by molar-refractivity contribution is 6.30. The second kappa shape index (κ2) is 4.14. The van der Waals surface area contributed by atoms with Crippen molar-refractivity contribution in [3.05, 3.63) is 23.5 Å². The number of rotatable bonds is 2. The van der Waals surface area contributed by atoms with Crippen molar-refractivity contribution in [3.8, 4) is 5.75 Å². The van der Waals surface area contributed by atoms with Crippen LogP contribution >= 0.6 is 11.6 Å². The van der Waals surface area contributed by atoms with E-state index in [2.05, 4.69) is 18.8 Å². The number of ether oxygens (including phenoxy) is 2. The molecule has 0 aromatic carbocycles. The van der Waals surface area contributed by atoms with Gasteiger partial charge in [-0.1, -0.05) is 11.6 Å². The Morgan fingerprint density at radius 2 is 2.12 bits per heavy atom. The van der Waals surface area contributed by atoms with E-state index < -0.39 is 0 Å². The van der Waals surface area contributed by atoms with Crippen molar-refractivity contribution in [2.45, 2.75) is 51.4 Å². The molecule has 1 atom stereocenters. The third kappa shape index (κ3) is 2.72. The summed E-state index contributed by atoms with van der Waals surface area (Å²) in [5.74, 6) is 0.619. The summed E-state index contributed by atoms with van der Waals surface area (Å²) < 4.78 is 11.9. The molecule has 2 rings (SSSR count). The lowest BCUT2D eigenvalue weighted by Gasteiger charge is -2.27. The molecular weight excluding hydrogens is 238 g/mol. The maximum atomic E-state index is 5.99. The van der Waals surface area contributed by atoms with Crippen LogP contribution in [0.3, 0.4) is 0 Å². The topological polar surface area (TPSA) is 31.4 Å². The summed E-state index contributed by atoms with van der Waals surface area (Å²) in [5.41, 5.74) is -0.481. The van der Waals surface area contributed by atoms with Crippen molar-refractivity contribution in [1.82, 2.24) is 4.98 Å². The van der Waals surface area contributed by atoms with E-state index in [1.807, 2.05) is 26.0 Å². The fourth-order valence-corrected chi connectivity index (χ4v) is 2.47. The summed E-state index contributed by atoms with van der Waals surface area (Å²) in [6, 6.07) is 3.64. The van der Waals surface area contributed by atoms with Crippen molar-refractivity contribution in [1.29, 1.82) is 0 Å². The highest BCUT2D eigenvalue weighted by Gasteiger charge is 2.47. The molecule has 0 bridgehead atoms. The van der Waals surface area contributed by atoms with Crippen LogP contribution < -0.4 is 4.74 Å². The number of hydrogen-bond acceptors (Lipinski definition) is 3. The molecule has 4 heteroatoms.